The van der Waals surface area contributed by atoms with E-state index in [9.17, 15) is 9.59 Å². The lowest BCUT2D eigenvalue weighted by atomic mass is 10.1. The van der Waals surface area contributed by atoms with Crippen LogP contribution < -0.4 is 21.1 Å². The van der Waals surface area contributed by atoms with Crippen LogP contribution in [-0.2, 0) is 4.79 Å². The zero-order chi connectivity index (χ0) is 22.8. The number of fused-ring (bicyclic) bond motifs is 1. The summed E-state index contributed by atoms with van der Waals surface area (Å²) in [5, 5.41) is 6.71. The quantitative estimate of drug-likeness (QED) is 0.240. The second-order valence-corrected chi connectivity index (χ2v) is 7.84. The van der Waals surface area contributed by atoms with E-state index >= 15 is 0 Å². The fraction of sp³-hybridized carbons (Fsp3) is 0.360. The molecule has 2 aromatic carbocycles. The fourth-order valence-corrected chi connectivity index (χ4v) is 3.37. The van der Waals surface area contributed by atoms with Crippen LogP contribution in [0.25, 0.3) is 10.9 Å². The number of benzene rings is 2. The summed E-state index contributed by atoms with van der Waals surface area (Å²) >= 11 is 0. The van der Waals surface area contributed by atoms with E-state index in [1.165, 1.54) is 0 Å². The first-order valence-corrected chi connectivity index (χ1v) is 11.2. The Morgan fingerprint density at radius 1 is 1.03 bits per heavy atom. The molecule has 0 saturated carbocycles. The van der Waals surface area contributed by atoms with Gasteiger partial charge in [-0.25, -0.2) is 0 Å². The molecule has 1 heterocycles. The molecule has 3 aromatic rings. The van der Waals surface area contributed by atoms with Crippen LogP contribution in [0.4, 0.5) is 11.4 Å². The van der Waals surface area contributed by atoms with Gasteiger partial charge in [-0.2, -0.15) is 0 Å². The molecule has 7 nitrogen and oxygen atoms in total. The highest BCUT2D eigenvalue weighted by Gasteiger charge is 2.10. The number of rotatable bonds is 12. The van der Waals surface area contributed by atoms with Gasteiger partial charge in [0.2, 0.25) is 5.91 Å². The minimum Gasteiger partial charge on any atom is -0.494 e. The van der Waals surface area contributed by atoms with Crippen LogP contribution in [0, 0.1) is 0 Å². The standard InChI is InChI=1S/C25H32N4O3/c1-2-3-15-32-19-12-13-21-18(16-19)17-23(28-21)25(31)27-14-8-4-5-11-24(30)29-22-10-7-6-9-20(22)26/h6-7,9-10,12-13,16-17,28H,2-5,8,11,14-15,26H2,1H3,(H,27,31)(H,29,30). The zero-order valence-electron chi connectivity index (χ0n) is 18.6. The van der Waals surface area contributed by atoms with E-state index in [2.05, 4.69) is 22.5 Å². The van der Waals surface area contributed by atoms with E-state index in [0.717, 1.165) is 48.8 Å². The van der Waals surface area contributed by atoms with Crippen LogP contribution in [0.15, 0.2) is 48.5 Å². The number of hydrogen-bond donors (Lipinski definition) is 4. The Hall–Kier alpha value is -3.48. The predicted molar refractivity (Wildman–Crippen MR) is 129 cm³/mol. The number of amides is 2. The monoisotopic (exact) mass is 436 g/mol. The molecule has 0 unspecified atom stereocenters. The number of carbonyl (C=O) groups excluding carboxylic acids is 2. The van der Waals surface area contributed by atoms with Crippen molar-refractivity contribution in [1.82, 2.24) is 10.3 Å². The van der Waals surface area contributed by atoms with Crippen LogP contribution >= 0.6 is 0 Å². The minimum atomic E-state index is -0.132. The van der Waals surface area contributed by atoms with Gasteiger partial charge in [0.15, 0.2) is 0 Å². The van der Waals surface area contributed by atoms with Crippen molar-refractivity contribution >= 4 is 34.1 Å². The summed E-state index contributed by atoms with van der Waals surface area (Å²) in [4.78, 5) is 27.6. The number of nitrogens with two attached hydrogens (primary N) is 1. The third-order valence-electron chi connectivity index (χ3n) is 5.20. The molecule has 3 rings (SSSR count). The molecule has 0 spiro atoms. The lowest BCUT2D eigenvalue weighted by molar-refractivity contribution is -0.116. The summed E-state index contributed by atoms with van der Waals surface area (Å²) in [5.74, 6) is 0.630. The SMILES string of the molecule is CCCCOc1ccc2[nH]c(C(=O)NCCCCCC(=O)Nc3ccccc3N)cc2c1. The maximum atomic E-state index is 12.4. The molecule has 7 heteroatoms. The fourth-order valence-electron chi connectivity index (χ4n) is 3.37. The average molecular weight is 437 g/mol. The number of aromatic amines is 1. The lowest BCUT2D eigenvalue weighted by Crippen LogP contribution is -2.24. The van der Waals surface area contributed by atoms with Crippen LogP contribution in [0.2, 0.25) is 0 Å². The van der Waals surface area contributed by atoms with Gasteiger partial charge >= 0.3 is 0 Å². The first-order valence-electron chi connectivity index (χ1n) is 11.2. The topological polar surface area (TPSA) is 109 Å². The zero-order valence-corrected chi connectivity index (χ0v) is 18.6. The van der Waals surface area contributed by atoms with Crippen molar-refractivity contribution in [3.05, 3.63) is 54.2 Å². The Labute approximate surface area is 188 Å². The van der Waals surface area contributed by atoms with Crippen molar-refractivity contribution in [1.29, 1.82) is 0 Å². The number of hydrogen-bond acceptors (Lipinski definition) is 4. The molecule has 0 radical (unpaired) electrons. The molecule has 0 aliphatic rings. The first kappa shape index (κ1) is 23.2. The van der Waals surface area contributed by atoms with Gasteiger partial charge in [0.05, 0.1) is 18.0 Å². The van der Waals surface area contributed by atoms with Crippen molar-refractivity contribution in [2.45, 2.75) is 45.4 Å². The number of nitrogen functional groups attached to an aromatic ring is 1. The molecular weight excluding hydrogens is 404 g/mol. The van der Waals surface area contributed by atoms with E-state index in [0.29, 0.717) is 36.6 Å². The summed E-state index contributed by atoms with van der Waals surface area (Å²) in [5.41, 5.74) is 8.47. The van der Waals surface area contributed by atoms with Gasteiger partial charge in [-0.3, -0.25) is 9.59 Å². The molecule has 2 amide bonds. The molecule has 0 aliphatic heterocycles. The van der Waals surface area contributed by atoms with Gasteiger partial charge in [-0.1, -0.05) is 31.9 Å². The Bertz CT molecular complexity index is 1040. The first-order chi connectivity index (χ1) is 15.6. The summed E-state index contributed by atoms with van der Waals surface area (Å²) in [6, 6.07) is 14.8. The Morgan fingerprint density at radius 2 is 1.88 bits per heavy atom. The maximum Gasteiger partial charge on any atom is 0.267 e. The van der Waals surface area contributed by atoms with Crippen molar-refractivity contribution in [2.24, 2.45) is 0 Å². The van der Waals surface area contributed by atoms with Crippen molar-refractivity contribution in [3.8, 4) is 5.75 Å². The Balaban J connectivity index is 1.36. The van der Waals surface area contributed by atoms with Gasteiger partial charge in [0, 0.05) is 23.9 Å². The number of anilines is 2. The smallest absolute Gasteiger partial charge is 0.267 e. The summed E-state index contributed by atoms with van der Waals surface area (Å²) in [6.45, 7) is 3.39. The normalized spacial score (nSPS) is 10.8. The predicted octanol–water partition coefficient (Wildman–Crippen LogP) is 4.86. The van der Waals surface area contributed by atoms with E-state index in [1.54, 1.807) is 12.1 Å². The summed E-state index contributed by atoms with van der Waals surface area (Å²) in [6.07, 6.45) is 4.94. The number of ether oxygens (including phenoxy) is 1. The minimum absolute atomic E-state index is 0.0527. The number of unbranched alkanes of at least 4 members (excludes halogenated alkanes) is 3. The van der Waals surface area contributed by atoms with E-state index < -0.39 is 0 Å². The van der Waals surface area contributed by atoms with Crippen molar-refractivity contribution in [3.63, 3.8) is 0 Å². The third-order valence-corrected chi connectivity index (χ3v) is 5.20. The van der Waals surface area contributed by atoms with Gasteiger partial charge in [0.1, 0.15) is 11.4 Å². The molecule has 0 aliphatic carbocycles. The number of H-pyrrole nitrogens is 1. The lowest BCUT2D eigenvalue weighted by Gasteiger charge is -2.08. The highest BCUT2D eigenvalue weighted by atomic mass is 16.5. The molecule has 5 N–H and O–H groups in total. The largest absolute Gasteiger partial charge is 0.494 e. The molecule has 170 valence electrons. The average Bonchev–Trinajstić information content (AvgIpc) is 3.21. The highest BCUT2D eigenvalue weighted by Crippen LogP contribution is 2.22. The van der Waals surface area contributed by atoms with Gasteiger partial charge in [-0.15, -0.1) is 0 Å². The molecule has 32 heavy (non-hydrogen) atoms. The van der Waals surface area contributed by atoms with E-state index in [1.807, 2.05) is 36.4 Å². The number of para-hydroxylation sites is 2. The highest BCUT2D eigenvalue weighted by molar-refractivity contribution is 5.98. The van der Waals surface area contributed by atoms with Gasteiger partial charge in [0.25, 0.3) is 5.91 Å². The molecule has 1 aromatic heterocycles. The van der Waals surface area contributed by atoms with Crippen LogP contribution in [0.5, 0.6) is 5.75 Å². The number of aromatic nitrogens is 1. The van der Waals surface area contributed by atoms with Crippen molar-refractivity contribution < 1.29 is 14.3 Å². The molecular formula is C25H32N4O3. The molecule has 0 bridgehead atoms. The number of carbonyl (C=O) groups is 2. The van der Waals surface area contributed by atoms with E-state index in [4.69, 9.17) is 10.5 Å². The Kier molecular flexibility index (Phi) is 8.54. The second kappa shape index (κ2) is 11.8. The second-order valence-electron chi connectivity index (χ2n) is 7.84. The third kappa shape index (κ3) is 6.77. The van der Waals surface area contributed by atoms with Crippen LogP contribution in [0.1, 0.15) is 55.9 Å². The van der Waals surface area contributed by atoms with E-state index in [-0.39, 0.29) is 11.8 Å². The van der Waals surface area contributed by atoms with Crippen molar-refractivity contribution in [2.75, 3.05) is 24.2 Å². The number of nitrogens with one attached hydrogen (secondary N) is 3. The maximum absolute atomic E-state index is 12.4. The van der Waals surface area contributed by atoms with Crippen LogP contribution in [-0.4, -0.2) is 29.9 Å². The molecule has 0 atom stereocenters. The molecule has 0 saturated heterocycles. The summed E-state index contributed by atoms with van der Waals surface area (Å²) < 4.78 is 5.73. The van der Waals surface area contributed by atoms with Gasteiger partial charge < -0.3 is 26.1 Å². The van der Waals surface area contributed by atoms with Gasteiger partial charge in [-0.05, 0) is 55.7 Å². The molecule has 0 fully saturated rings. The van der Waals surface area contributed by atoms with Crippen LogP contribution in [0.3, 0.4) is 0 Å². The summed E-state index contributed by atoms with van der Waals surface area (Å²) in [7, 11) is 0. The Morgan fingerprint density at radius 3 is 2.69 bits per heavy atom.